The number of nitrogens with zero attached hydrogens (tertiary/aromatic N) is 2. The fraction of sp³-hybridized carbons (Fsp3) is 0.250. The molecule has 18 heavy (non-hydrogen) atoms. The van der Waals surface area contributed by atoms with Crippen molar-refractivity contribution < 1.29 is 9.59 Å². The maximum Gasteiger partial charge on any atom is 0.235 e. The molecule has 1 atom stereocenters. The number of carbonyl (C=O) groups excluding carboxylic acids is 2. The third-order valence-electron chi connectivity index (χ3n) is 3.14. The molecule has 1 aliphatic heterocycles. The van der Waals surface area contributed by atoms with E-state index < -0.39 is 0 Å². The standard InChI is InChI=1S/C12H12N4O2/c13-9-6-16-8(2-1-3-10(16)14-9)7-4-5-11(17)15-12(7)18/h1-3,6-7H,4-5,13H2,(H,15,17,18). The lowest BCUT2D eigenvalue weighted by Crippen LogP contribution is -2.40. The quantitative estimate of drug-likeness (QED) is 0.712. The fourth-order valence-corrected chi connectivity index (χ4v) is 2.31. The minimum atomic E-state index is -0.333. The Balaban J connectivity index is 2.08. The number of carbonyl (C=O) groups is 2. The second-order valence-corrected chi connectivity index (χ2v) is 4.35. The monoisotopic (exact) mass is 244 g/mol. The Labute approximate surface area is 103 Å². The van der Waals surface area contributed by atoms with Crippen LogP contribution in [0.3, 0.4) is 0 Å². The number of piperidine rings is 1. The number of fused-ring (bicyclic) bond motifs is 1. The molecule has 0 aliphatic carbocycles. The highest BCUT2D eigenvalue weighted by molar-refractivity contribution is 6.00. The number of nitrogen functional groups attached to an aromatic ring is 1. The zero-order valence-electron chi connectivity index (χ0n) is 9.59. The lowest BCUT2D eigenvalue weighted by atomic mass is 9.94. The van der Waals surface area contributed by atoms with Crippen LogP contribution in [0.5, 0.6) is 0 Å². The lowest BCUT2D eigenvalue weighted by molar-refractivity contribution is -0.134. The second-order valence-electron chi connectivity index (χ2n) is 4.35. The number of nitrogens with one attached hydrogen (secondary N) is 1. The molecule has 0 spiro atoms. The van der Waals surface area contributed by atoms with Crippen molar-refractivity contribution in [2.45, 2.75) is 18.8 Å². The van der Waals surface area contributed by atoms with Crippen LogP contribution in [-0.4, -0.2) is 21.2 Å². The van der Waals surface area contributed by atoms with E-state index in [1.165, 1.54) is 0 Å². The summed E-state index contributed by atoms with van der Waals surface area (Å²) in [5.74, 6) is -0.394. The van der Waals surface area contributed by atoms with Gasteiger partial charge in [-0.1, -0.05) is 6.07 Å². The van der Waals surface area contributed by atoms with Crippen molar-refractivity contribution in [2.75, 3.05) is 5.73 Å². The molecule has 1 saturated heterocycles. The molecule has 1 fully saturated rings. The van der Waals surface area contributed by atoms with Crippen molar-refractivity contribution in [3.63, 3.8) is 0 Å². The molecule has 0 bridgehead atoms. The van der Waals surface area contributed by atoms with Crippen LogP contribution in [0.15, 0.2) is 24.4 Å². The van der Waals surface area contributed by atoms with E-state index in [-0.39, 0.29) is 17.7 Å². The molecule has 2 aromatic heterocycles. The number of imide groups is 1. The topological polar surface area (TPSA) is 89.5 Å². The molecule has 3 N–H and O–H groups in total. The zero-order chi connectivity index (χ0) is 12.7. The minimum Gasteiger partial charge on any atom is -0.382 e. The number of nitrogens with two attached hydrogens (primary N) is 1. The first-order valence-corrected chi connectivity index (χ1v) is 5.72. The Bertz CT molecular complexity index is 647. The Kier molecular flexibility index (Phi) is 2.29. The normalized spacial score (nSPS) is 20.1. The van der Waals surface area contributed by atoms with Gasteiger partial charge in [-0.05, 0) is 18.6 Å². The molecule has 2 amide bonds. The molecule has 6 nitrogen and oxygen atoms in total. The second kappa shape index (κ2) is 3.83. The number of hydrogen-bond donors (Lipinski definition) is 2. The third kappa shape index (κ3) is 1.62. The molecule has 0 aromatic carbocycles. The van der Waals surface area contributed by atoms with Gasteiger partial charge in [0.05, 0.1) is 12.1 Å². The number of aromatic nitrogens is 2. The largest absolute Gasteiger partial charge is 0.382 e. The summed E-state index contributed by atoms with van der Waals surface area (Å²) in [7, 11) is 0. The predicted octanol–water partition coefficient (Wildman–Crippen LogP) is 0.437. The van der Waals surface area contributed by atoms with Crippen LogP contribution in [0.1, 0.15) is 24.5 Å². The average Bonchev–Trinajstić information content (AvgIpc) is 2.69. The van der Waals surface area contributed by atoms with E-state index in [1.807, 2.05) is 18.2 Å². The molecule has 92 valence electrons. The highest BCUT2D eigenvalue weighted by Crippen LogP contribution is 2.25. The molecule has 0 saturated carbocycles. The molecule has 3 rings (SSSR count). The summed E-state index contributed by atoms with van der Waals surface area (Å²) in [6.07, 6.45) is 2.56. The molecule has 1 aliphatic rings. The summed E-state index contributed by atoms with van der Waals surface area (Å²) in [6, 6.07) is 5.51. The van der Waals surface area contributed by atoms with Crippen molar-refractivity contribution in [3.05, 3.63) is 30.1 Å². The van der Waals surface area contributed by atoms with Gasteiger partial charge >= 0.3 is 0 Å². The number of hydrogen-bond acceptors (Lipinski definition) is 4. The smallest absolute Gasteiger partial charge is 0.235 e. The lowest BCUT2D eigenvalue weighted by Gasteiger charge is -2.21. The Hall–Kier alpha value is -2.37. The van der Waals surface area contributed by atoms with Crippen molar-refractivity contribution in [1.82, 2.24) is 14.7 Å². The molecule has 2 aromatic rings. The first-order valence-electron chi connectivity index (χ1n) is 5.72. The summed E-state index contributed by atoms with van der Waals surface area (Å²) in [5, 5.41) is 2.36. The van der Waals surface area contributed by atoms with Crippen molar-refractivity contribution >= 4 is 23.3 Å². The van der Waals surface area contributed by atoms with Gasteiger partial charge < -0.3 is 10.1 Å². The van der Waals surface area contributed by atoms with Gasteiger partial charge in [0.25, 0.3) is 0 Å². The van der Waals surface area contributed by atoms with Crippen LogP contribution in [0.25, 0.3) is 5.65 Å². The predicted molar refractivity (Wildman–Crippen MR) is 64.7 cm³/mol. The van der Waals surface area contributed by atoms with Crippen molar-refractivity contribution in [3.8, 4) is 0 Å². The number of pyridine rings is 1. The molecule has 1 unspecified atom stereocenters. The third-order valence-corrected chi connectivity index (χ3v) is 3.14. The highest BCUT2D eigenvalue weighted by atomic mass is 16.2. The van der Waals surface area contributed by atoms with Crippen LogP contribution in [0.4, 0.5) is 5.82 Å². The summed E-state index contributed by atoms with van der Waals surface area (Å²) >= 11 is 0. The van der Waals surface area contributed by atoms with Crippen LogP contribution in [0, 0.1) is 0 Å². The van der Waals surface area contributed by atoms with Crippen LogP contribution >= 0.6 is 0 Å². The van der Waals surface area contributed by atoms with E-state index in [4.69, 9.17) is 5.73 Å². The van der Waals surface area contributed by atoms with Gasteiger partial charge in [0, 0.05) is 12.1 Å². The van der Waals surface area contributed by atoms with E-state index in [0.717, 1.165) is 5.69 Å². The summed E-state index contributed by atoms with van der Waals surface area (Å²) < 4.78 is 1.80. The Morgan fingerprint density at radius 1 is 1.39 bits per heavy atom. The maximum atomic E-state index is 11.9. The number of anilines is 1. The molecule has 0 radical (unpaired) electrons. The number of imidazole rings is 1. The van der Waals surface area contributed by atoms with Crippen molar-refractivity contribution in [1.29, 1.82) is 0 Å². The summed E-state index contributed by atoms with van der Waals surface area (Å²) in [6.45, 7) is 0. The summed E-state index contributed by atoms with van der Waals surface area (Å²) in [5.41, 5.74) is 7.17. The van der Waals surface area contributed by atoms with Gasteiger partial charge in [-0.3, -0.25) is 14.9 Å². The van der Waals surface area contributed by atoms with Crippen LogP contribution in [-0.2, 0) is 9.59 Å². The maximum absolute atomic E-state index is 11.9. The first-order chi connectivity index (χ1) is 8.65. The van der Waals surface area contributed by atoms with Crippen LogP contribution in [0.2, 0.25) is 0 Å². The Morgan fingerprint density at radius 2 is 2.22 bits per heavy atom. The molecule has 6 heteroatoms. The average molecular weight is 244 g/mol. The van der Waals surface area contributed by atoms with Gasteiger partial charge in [0.2, 0.25) is 11.8 Å². The molecular weight excluding hydrogens is 232 g/mol. The van der Waals surface area contributed by atoms with Gasteiger partial charge in [-0.25, -0.2) is 4.98 Å². The van der Waals surface area contributed by atoms with Gasteiger partial charge in [-0.15, -0.1) is 0 Å². The first kappa shape index (κ1) is 10.8. The van der Waals surface area contributed by atoms with Crippen molar-refractivity contribution in [2.24, 2.45) is 0 Å². The van der Waals surface area contributed by atoms with Crippen LogP contribution < -0.4 is 11.1 Å². The fourth-order valence-electron chi connectivity index (χ4n) is 2.31. The van der Waals surface area contributed by atoms with Gasteiger partial charge in [0.1, 0.15) is 11.5 Å². The zero-order valence-corrected chi connectivity index (χ0v) is 9.59. The SMILES string of the molecule is Nc1cn2c(C3CCC(=O)NC3=O)cccc2n1. The van der Waals surface area contributed by atoms with E-state index in [0.29, 0.717) is 24.3 Å². The number of rotatable bonds is 1. The summed E-state index contributed by atoms with van der Waals surface area (Å²) in [4.78, 5) is 27.2. The van der Waals surface area contributed by atoms with E-state index in [1.54, 1.807) is 10.6 Å². The van der Waals surface area contributed by atoms with E-state index in [2.05, 4.69) is 10.3 Å². The molecular formula is C12H12N4O2. The van der Waals surface area contributed by atoms with Gasteiger partial charge in [-0.2, -0.15) is 0 Å². The molecule has 3 heterocycles. The van der Waals surface area contributed by atoms with E-state index in [9.17, 15) is 9.59 Å². The Morgan fingerprint density at radius 3 is 3.00 bits per heavy atom. The van der Waals surface area contributed by atoms with Gasteiger partial charge in [0.15, 0.2) is 0 Å². The highest BCUT2D eigenvalue weighted by Gasteiger charge is 2.29. The van der Waals surface area contributed by atoms with E-state index >= 15 is 0 Å². The minimum absolute atomic E-state index is 0.214. The number of amides is 2.